The Morgan fingerprint density at radius 3 is 1.69 bits per heavy atom. The Balaban J connectivity index is 1.77. The highest BCUT2D eigenvalue weighted by Gasteiger charge is 2.08. The quantitative estimate of drug-likeness (QED) is 0.367. The van der Waals surface area contributed by atoms with Gasteiger partial charge in [-0.25, -0.2) is 0 Å². The Bertz CT molecular complexity index is 1020. The molecule has 0 bridgehead atoms. The normalized spacial score (nSPS) is 10.7. The fourth-order valence-electron chi connectivity index (χ4n) is 3.23. The highest BCUT2D eigenvalue weighted by molar-refractivity contribution is 9.10. The monoisotopic (exact) mass is 399 g/mol. The lowest BCUT2D eigenvalue weighted by Crippen LogP contribution is -1.89. The van der Waals surface area contributed by atoms with Gasteiger partial charge in [-0.3, -0.25) is 0 Å². The Labute approximate surface area is 162 Å². The van der Waals surface area contributed by atoms with E-state index < -0.39 is 0 Å². The summed E-state index contributed by atoms with van der Waals surface area (Å²) in [6, 6.07) is 33.6. The molecule has 2 heteroatoms. The predicted octanol–water partition coefficient (Wildman–Crippen LogP) is 7.03. The minimum atomic E-state index is 0.753. The topological polar surface area (TPSA) is 26.0 Å². The number of hydrogen-bond acceptors (Lipinski definition) is 1. The van der Waals surface area contributed by atoms with Crippen molar-refractivity contribution in [2.75, 3.05) is 5.73 Å². The van der Waals surface area contributed by atoms with Gasteiger partial charge in [0.05, 0.1) is 0 Å². The van der Waals surface area contributed by atoms with Crippen molar-refractivity contribution in [3.05, 3.63) is 102 Å². The van der Waals surface area contributed by atoms with Crippen LogP contribution in [0.15, 0.2) is 102 Å². The second kappa shape index (κ2) is 7.19. The van der Waals surface area contributed by atoms with E-state index in [1.165, 1.54) is 27.8 Å². The lowest BCUT2D eigenvalue weighted by atomic mass is 9.93. The van der Waals surface area contributed by atoms with Crippen molar-refractivity contribution in [3.8, 4) is 33.4 Å². The molecule has 0 aliphatic carbocycles. The summed E-state index contributed by atoms with van der Waals surface area (Å²) in [5.74, 6) is 0. The van der Waals surface area contributed by atoms with E-state index >= 15 is 0 Å². The fraction of sp³-hybridized carbons (Fsp3) is 0. The molecule has 0 spiro atoms. The van der Waals surface area contributed by atoms with Crippen LogP contribution in [-0.2, 0) is 0 Å². The van der Waals surface area contributed by atoms with Gasteiger partial charge >= 0.3 is 0 Å². The van der Waals surface area contributed by atoms with E-state index in [4.69, 9.17) is 5.73 Å². The van der Waals surface area contributed by atoms with Crippen molar-refractivity contribution in [1.29, 1.82) is 0 Å². The minimum absolute atomic E-state index is 0.753. The first-order valence-corrected chi connectivity index (χ1v) is 9.31. The molecule has 0 radical (unpaired) electrons. The smallest absolute Gasteiger partial charge is 0.0331 e. The van der Waals surface area contributed by atoms with Gasteiger partial charge in [0.25, 0.3) is 0 Å². The molecule has 0 saturated heterocycles. The van der Waals surface area contributed by atoms with Gasteiger partial charge < -0.3 is 5.73 Å². The molecule has 0 amide bonds. The summed E-state index contributed by atoms with van der Waals surface area (Å²) in [5.41, 5.74) is 13.9. The van der Waals surface area contributed by atoms with Crippen LogP contribution in [-0.4, -0.2) is 0 Å². The SMILES string of the molecule is Nc1cc(Br)cc(-c2ccccc2-c2ccc(-c3ccccc3)cc2)c1. The Morgan fingerprint density at radius 2 is 1.04 bits per heavy atom. The Morgan fingerprint density at radius 1 is 0.500 bits per heavy atom. The molecule has 0 aliphatic heterocycles. The van der Waals surface area contributed by atoms with Gasteiger partial charge in [-0.2, -0.15) is 0 Å². The molecule has 0 saturated carbocycles. The van der Waals surface area contributed by atoms with Gasteiger partial charge in [-0.05, 0) is 51.6 Å². The van der Waals surface area contributed by atoms with Gasteiger partial charge in [0.15, 0.2) is 0 Å². The summed E-state index contributed by atoms with van der Waals surface area (Å²) in [6.07, 6.45) is 0. The molecule has 4 aromatic rings. The molecule has 126 valence electrons. The van der Waals surface area contributed by atoms with Crippen molar-refractivity contribution in [2.45, 2.75) is 0 Å². The third kappa shape index (κ3) is 3.42. The average molecular weight is 400 g/mol. The largest absolute Gasteiger partial charge is 0.399 e. The molecule has 0 aromatic heterocycles. The van der Waals surface area contributed by atoms with Gasteiger partial charge in [0.1, 0.15) is 0 Å². The number of rotatable bonds is 3. The van der Waals surface area contributed by atoms with E-state index in [1.807, 2.05) is 18.2 Å². The Hall–Kier alpha value is -2.84. The lowest BCUT2D eigenvalue weighted by Gasteiger charge is -2.12. The zero-order valence-corrected chi connectivity index (χ0v) is 15.8. The number of halogens is 1. The summed E-state index contributed by atoms with van der Waals surface area (Å²) in [5, 5.41) is 0. The molecule has 0 heterocycles. The highest BCUT2D eigenvalue weighted by atomic mass is 79.9. The van der Waals surface area contributed by atoms with E-state index in [2.05, 4.69) is 94.8 Å². The van der Waals surface area contributed by atoms with Crippen LogP contribution in [0.4, 0.5) is 5.69 Å². The zero-order chi connectivity index (χ0) is 17.9. The summed E-state index contributed by atoms with van der Waals surface area (Å²) in [4.78, 5) is 0. The van der Waals surface area contributed by atoms with Crippen molar-refractivity contribution in [3.63, 3.8) is 0 Å². The van der Waals surface area contributed by atoms with Crippen LogP contribution in [0.25, 0.3) is 33.4 Å². The molecule has 0 aliphatic rings. The van der Waals surface area contributed by atoms with E-state index in [-0.39, 0.29) is 0 Å². The van der Waals surface area contributed by atoms with Crippen LogP contribution in [0.1, 0.15) is 0 Å². The maximum atomic E-state index is 6.04. The first kappa shape index (κ1) is 16.6. The third-order valence-electron chi connectivity index (χ3n) is 4.46. The van der Waals surface area contributed by atoms with E-state index in [0.29, 0.717) is 0 Å². The van der Waals surface area contributed by atoms with Crippen molar-refractivity contribution < 1.29 is 0 Å². The van der Waals surface area contributed by atoms with Crippen LogP contribution in [0.3, 0.4) is 0 Å². The van der Waals surface area contributed by atoms with Crippen LogP contribution in [0, 0.1) is 0 Å². The van der Waals surface area contributed by atoms with Crippen LogP contribution in [0.5, 0.6) is 0 Å². The molecule has 0 atom stereocenters. The first-order valence-electron chi connectivity index (χ1n) is 8.52. The minimum Gasteiger partial charge on any atom is -0.399 e. The number of anilines is 1. The van der Waals surface area contributed by atoms with E-state index in [0.717, 1.165) is 15.7 Å². The predicted molar refractivity (Wildman–Crippen MR) is 115 cm³/mol. The maximum Gasteiger partial charge on any atom is 0.0331 e. The number of nitrogens with two attached hydrogens (primary N) is 1. The van der Waals surface area contributed by atoms with Gasteiger partial charge in [0.2, 0.25) is 0 Å². The highest BCUT2D eigenvalue weighted by Crippen LogP contribution is 2.35. The van der Waals surface area contributed by atoms with Gasteiger partial charge in [0, 0.05) is 10.2 Å². The van der Waals surface area contributed by atoms with Gasteiger partial charge in [-0.1, -0.05) is 94.8 Å². The number of hydrogen-bond donors (Lipinski definition) is 1. The summed E-state index contributed by atoms with van der Waals surface area (Å²) < 4.78 is 0.988. The fourth-order valence-corrected chi connectivity index (χ4v) is 3.74. The van der Waals surface area contributed by atoms with Crippen molar-refractivity contribution in [1.82, 2.24) is 0 Å². The molecule has 0 unspecified atom stereocenters. The summed E-state index contributed by atoms with van der Waals surface area (Å²) >= 11 is 3.55. The molecule has 4 aromatic carbocycles. The van der Waals surface area contributed by atoms with Crippen LogP contribution >= 0.6 is 15.9 Å². The zero-order valence-electron chi connectivity index (χ0n) is 14.2. The third-order valence-corrected chi connectivity index (χ3v) is 4.92. The van der Waals surface area contributed by atoms with Gasteiger partial charge in [-0.15, -0.1) is 0 Å². The van der Waals surface area contributed by atoms with Crippen LogP contribution < -0.4 is 5.73 Å². The number of nitrogen functional groups attached to an aromatic ring is 1. The molecule has 1 nitrogen and oxygen atoms in total. The standard InChI is InChI=1S/C24H18BrN/c25-21-14-20(15-22(26)16-21)24-9-5-4-8-23(24)19-12-10-18(11-13-19)17-6-2-1-3-7-17/h1-16H,26H2. The second-order valence-electron chi connectivity index (χ2n) is 6.26. The molecular formula is C24H18BrN. The summed E-state index contributed by atoms with van der Waals surface area (Å²) in [6.45, 7) is 0. The maximum absolute atomic E-state index is 6.04. The first-order chi connectivity index (χ1) is 12.7. The number of benzene rings is 4. The second-order valence-corrected chi connectivity index (χ2v) is 7.18. The lowest BCUT2D eigenvalue weighted by molar-refractivity contribution is 1.56. The van der Waals surface area contributed by atoms with Crippen LogP contribution in [0.2, 0.25) is 0 Å². The van der Waals surface area contributed by atoms with Crippen molar-refractivity contribution in [2.24, 2.45) is 0 Å². The average Bonchev–Trinajstić information content (AvgIpc) is 2.68. The summed E-state index contributed by atoms with van der Waals surface area (Å²) in [7, 11) is 0. The molecular weight excluding hydrogens is 382 g/mol. The van der Waals surface area contributed by atoms with Crippen molar-refractivity contribution >= 4 is 21.6 Å². The molecule has 26 heavy (non-hydrogen) atoms. The molecule has 2 N–H and O–H groups in total. The molecule has 4 rings (SSSR count). The van der Waals surface area contributed by atoms with E-state index in [9.17, 15) is 0 Å². The van der Waals surface area contributed by atoms with E-state index in [1.54, 1.807) is 0 Å². The molecule has 0 fully saturated rings. The Kier molecular flexibility index (Phi) is 4.59.